The van der Waals surface area contributed by atoms with Gasteiger partial charge in [0.1, 0.15) is 0 Å². The number of benzene rings is 1. The fourth-order valence-electron chi connectivity index (χ4n) is 4.57. The van der Waals surface area contributed by atoms with Crippen LogP contribution >= 0.6 is 0 Å². The van der Waals surface area contributed by atoms with Gasteiger partial charge in [0, 0.05) is 31.8 Å². The molecule has 0 radical (unpaired) electrons. The quantitative estimate of drug-likeness (QED) is 0.899. The highest BCUT2D eigenvalue weighted by Crippen LogP contribution is 2.35. The van der Waals surface area contributed by atoms with Crippen molar-refractivity contribution in [1.82, 2.24) is 15.1 Å². The first-order valence-electron chi connectivity index (χ1n) is 9.23. The lowest BCUT2D eigenvalue weighted by Crippen LogP contribution is -2.44. The normalized spacial score (nSPS) is 27.8. The molecule has 3 aliphatic heterocycles. The molecule has 3 aliphatic rings. The van der Waals surface area contributed by atoms with Gasteiger partial charge >= 0.3 is 0 Å². The summed E-state index contributed by atoms with van der Waals surface area (Å²) in [6, 6.07) is 8.50. The third-order valence-corrected chi connectivity index (χ3v) is 5.78. The Morgan fingerprint density at radius 3 is 2.80 bits per heavy atom. The first-order chi connectivity index (χ1) is 12.1. The van der Waals surface area contributed by atoms with Crippen LogP contribution in [0.25, 0.3) is 6.08 Å². The maximum absolute atomic E-state index is 13.2. The zero-order chi connectivity index (χ0) is 17.4. The van der Waals surface area contributed by atoms with Crippen molar-refractivity contribution < 1.29 is 9.59 Å². The number of hydrogen-bond acceptors (Lipinski definition) is 3. The van der Waals surface area contributed by atoms with E-state index in [4.69, 9.17) is 0 Å². The summed E-state index contributed by atoms with van der Waals surface area (Å²) in [7, 11) is 0. The van der Waals surface area contributed by atoms with E-state index in [9.17, 15) is 9.59 Å². The highest BCUT2D eigenvalue weighted by Gasteiger charge is 2.39. The van der Waals surface area contributed by atoms with E-state index < -0.39 is 0 Å². The second-order valence-corrected chi connectivity index (χ2v) is 7.27. The molecule has 25 heavy (non-hydrogen) atoms. The number of carbonyl (C=O) groups excluding carboxylic acids is 2. The van der Waals surface area contributed by atoms with Crippen molar-refractivity contribution in [2.24, 2.45) is 0 Å². The third kappa shape index (κ3) is 2.97. The molecular weight excluding hydrogens is 314 g/mol. The Kier molecular flexibility index (Phi) is 4.34. The van der Waals surface area contributed by atoms with Gasteiger partial charge in [0.25, 0.3) is 0 Å². The Hall–Kier alpha value is -2.14. The van der Waals surface area contributed by atoms with E-state index in [0.717, 1.165) is 43.5 Å². The van der Waals surface area contributed by atoms with E-state index in [1.807, 2.05) is 36.5 Å². The van der Waals surface area contributed by atoms with E-state index in [1.165, 1.54) is 0 Å². The minimum Gasteiger partial charge on any atom is -0.335 e. The van der Waals surface area contributed by atoms with Crippen LogP contribution in [0.4, 0.5) is 0 Å². The Morgan fingerprint density at radius 1 is 1.16 bits per heavy atom. The molecule has 4 rings (SSSR count). The van der Waals surface area contributed by atoms with Crippen LogP contribution in [0.3, 0.4) is 0 Å². The average molecular weight is 339 g/mol. The molecule has 1 aromatic carbocycles. The maximum Gasteiger partial charge on any atom is 0.225 e. The van der Waals surface area contributed by atoms with Crippen LogP contribution in [0.1, 0.15) is 49.8 Å². The van der Waals surface area contributed by atoms with Gasteiger partial charge in [0.05, 0.1) is 12.5 Å². The Labute approximate surface area is 148 Å². The van der Waals surface area contributed by atoms with Crippen molar-refractivity contribution in [2.75, 3.05) is 13.1 Å². The van der Waals surface area contributed by atoms with Crippen LogP contribution in [-0.2, 0) is 9.59 Å². The fourth-order valence-corrected chi connectivity index (χ4v) is 4.57. The Bertz CT molecular complexity index is 701. The molecule has 2 saturated heterocycles. The highest BCUT2D eigenvalue weighted by atomic mass is 16.2. The van der Waals surface area contributed by atoms with Crippen LogP contribution in [0.15, 0.2) is 30.5 Å². The smallest absolute Gasteiger partial charge is 0.225 e. The number of rotatable bonds is 2. The predicted molar refractivity (Wildman–Crippen MR) is 96.5 cm³/mol. The van der Waals surface area contributed by atoms with Crippen LogP contribution in [0, 0.1) is 0 Å². The Balaban J connectivity index is 1.60. The van der Waals surface area contributed by atoms with Crippen LogP contribution in [-0.4, -0.2) is 46.8 Å². The Morgan fingerprint density at radius 2 is 1.96 bits per heavy atom. The first-order valence-corrected chi connectivity index (χ1v) is 9.23. The molecule has 2 bridgehead atoms. The van der Waals surface area contributed by atoms with Crippen molar-refractivity contribution in [2.45, 2.75) is 50.7 Å². The number of nitrogens with zero attached hydrogens (tertiary/aromatic N) is 2. The summed E-state index contributed by atoms with van der Waals surface area (Å²) in [4.78, 5) is 29.1. The van der Waals surface area contributed by atoms with Crippen LogP contribution in [0.5, 0.6) is 0 Å². The predicted octanol–water partition coefficient (Wildman–Crippen LogP) is 2.30. The number of fused-ring (bicyclic) bond motifs is 3. The molecule has 0 aromatic heterocycles. The summed E-state index contributed by atoms with van der Waals surface area (Å²) in [5, 5.41) is 3.44. The molecule has 3 unspecified atom stereocenters. The van der Waals surface area contributed by atoms with Gasteiger partial charge in [0.2, 0.25) is 11.8 Å². The van der Waals surface area contributed by atoms with Gasteiger partial charge in [-0.3, -0.25) is 9.59 Å². The van der Waals surface area contributed by atoms with Crippen molar-refractivity contribution >= 4 is 17.9 Å². The minimum atomic E-state index is -0.207. The SMILES string of the molecule is CC(=O)N1C=Cc2ccccc2C1CC(=O)N1C2CCNCC1CC2. The van der Waals surface area contributed by atoms with Gasteiger partial charge in [-0.15, -0.1) is 0 Å². The first kappa shape index (κ1) is 16.3. The zero-order valence-corrected chi connectivity index (χ0v) is 14.6. The monoisotopic (exact) mass is 339 g/mol. The van der Waals surface area contributed by atoms with Gasteiger partial charge in [-0.25, -0.2) is 0 Å². The minimum absolute atomic E-state index is 0.0240. The lowest BCUT2D eigenvalue weighted by atomic mass is 9.93. The molecule has 132 valence electrons. The van der Waals surface area contributed by atoms with Gasteiger partial charge in [0.15, 0.2) is 0 Å². The highest BCUT2D eigenvalue weighted by molar-refractivity contribution is 5.82. The fraction of sp³-hybridized carbons (Fsp3) is 0.500. The number of carbonyl (C=O) groups is 2. The molecule has 3 atom stereocenters. The standard InChI is InChI=1S/C20H25N3O2/c1-14(24)22-11-9-15-4-2-3-5-18(15)19(22)12-20(25)23-16-6-7-17(23)13-21-10-8-16/h2-5,9,11,16-17,19,21H,6-8,10,12-13H2,1H3. The summed E-state index contributed by atoms with van der Waals surface area (Å²) < 4.78 is 0. The van der Waals surface area contributed by atoms with Crippen molar-refractivity contribution in [3.8, 4) is 0 Å². The molecule has 0 spiro atoms. The molecule has 5 nitrogen and oxygen atoms in total. The van der Waals surface area contributed by atoms with Crippen molar-refractivity contribution in [3.63, 3.8) is 0 Å². The molecule has 3 heterocycles. The van der Waals surface area contributed by atoms with Gasteiger partial charge in [-0.1, -0.05) is 24.3 Å². The lowest BCUT2D eigenvalue weighted by Gasteiger charge is -2.35. The van der Waals surface area contributed by atoms with Gasteiger partial charge in [-0.2, -0.15) is 0 Å². The van der Waals surface area contributed by atoms with Crippen molar-refractivity contribution in [3.05, 3.63) is 41.6 Å². The molecule has 0 aliphatic carbocycles. The van der Waals surface area contributed by atoms with E-state index in [-0.39, 0.29) is 17.9 Å². The van der Waals surface area contributed by atoms with Crippen LogP contribution < -0.4 is 5.32 Å². The molecule has 0 saturated carbocycles. The number of amides is 2. The van der Waals surface area contributed by atoms with Crippen molar-refractivity contribution in [1.29, 1.82) is 0 Å². The lowest BCUT2D eigenvalue weighted by molar-refractivity contribution is -0.136. The number of nitrogens with one attached hydrogen (secondary N) is 1. The molecule has 1 aromatic rings. The number of hydrogen-bond donors (Lipinski definition) is 1. The zero-order valence-electron chi connectivity index (χ0n) is 14.6. The second-order valence-electron chi connectivity index (χ2n) is 7.27. The summed E-state index contributed by atoms with van der Waals surface area (Å²) in [5.74, 6) is 0.154. The average Bonchev–Trinajstić information content (AvgIpc) is 2.87. The van der Waals surface area contributed by atoms with Gasteiger partial charge in [-0.05, 0) is 43.0 Å². The molecule has 1 N–H and O–H groups in total. The molecular formula is C20H25N3O2. The maximum atomic E-state index is 13.2. The molecule has 2 amide bonds. The summed E-state index contributed by atoms with van der Waals surface area (Å²) in [6.07, 6.45) is 7.35. The van der Waals surface area contributed by atoms with E-state index in [2.05, 4.69) is 10.2 Å². The largest absolute Gasteiger partial charge is 0.335 e. The topological polar surface area (TPSA) is 52.7 Å². The van der Waals surface area contributed by atoms with E-state index in [0.29, 0.717) is 18.5 Å². The summed E-state index contributed by atoms with van der Waals surface area (Å²) in [6.45, 7) is 3.44. The van der Waals surface area contributed by atoms with Gasteiger partial charge < -0.3 is 15.1 Å². The third-order valence-electron chi connectivity index (χ3n) is 5.78. The van der Waals surface area contributed by atoms with Crippen LogP contribution in [0.2, 0.25) is 0 Å². The van der Waals surface area contributed by atoms with E-state index >= 15 is 0 Å². The summed E-state index contributed by atoms with van der Waals surface area (Å²) >= 11 is 0. The molecule has 5 heteroatoms. The summed E-state index contributed by atoms with van der Waals surface area (Å²) in [5.41, 5.74) is 2.16. The van der Waals surface area contributed by atoms with E-state index in [1.54, 1.807) is 11.8 Å². The second kappa shape index (κ2) is 6.64. The molecule has 2 fully saturated rings.